The number of alkyl halides is 3. The van der Waals surface area contributed by atoms with Gasteiger partial charge < -0.3 is 5.73 Å². The van der Waals surface area contributed by atoms with E-state index in [-0.39, 0.29) is 17.5 Å². The van der Waals surface area contributed by atoms with Gasteiger partial charge in [-0.05, 0) is 35.9 Å². The van der Waals surface area contributed by atoms with Crippen molar-refractivity contribution >= 4 is 5.91 Å². The Morgan fingerprint density at radius 3 is 2.50 bits per heavy atom. The first-order valence-corrected chi connectivity index (χ1v) is 5.78. The fourth-order valence-electron chi connectivity index (χ4n) is 1.85. The molecule has 2 rings (SSSR count). The summed E-state index contributed by atoms with van der Waals surface area (Å²) in [6, 6.07) is 7.98. The summed E-state index contributed by atoms with van der Waals surface area (Å²) in [5, 5.41) is 0. The van der Waals surface area contributed by atoms with Crippen molar-refractivity contribution in [3.63, 3.8) is 0 Å². The first-order chi connectivity index (χ1) is 9.38. The van der Waals surface area contributed by atoms with Gasteiger partial charge in [-0.2, -0.15) is 13.2 Å². The third-order valence-electron chi connectivity index (χ3n) is 2.80. The highest BCUT2D eigenvalue weighted by atomic mass is 19.4. The van der Waals surface area contributed by atoms with Gasteiger partial charge in [0.1, 0.15) is 0 Å². The summed E-state index contributed by atoms with van der Waals surface area (Å²) in [6.45, 7) is 0. The molecule has 0 fully saturated rings. The van der Waals surface area contributed by atoms with Crippen molar-refractivity contribution in [2.24, 2.45) is 5.73 Å². The van der Waals surface area contributed by atoms with Crippen LogP contribution in [-0.2, 0) is 12.6 Å². The average Bonchev–Trinajstić information content (AvgIpc) is 2.38. The van der Waals surface area contributed by atoms with E-state index in [1.807, 2.05) is 0 Å². The van der Waals surface area contributed by atoms with Gasteiger partial charge in [0, 0.05) is 23.9 Å². The maximum atomic E-state index is 12.7. The molecule has 1 amide bonds. The summed E-state index contributed by atoms with van der Waals surface area (Å²) in [6.07, 6.45) is -2.81. The number of pyridine rings is 1. The van der Waals surface area contributed by atoms with Gasteiger partial charge in [0.05, 0.1) is 5.56 Å². The molecule has 0 atom stereocenters. The molecule has 0 saturated carbocycles. The molecule has 1 aromatic carbocycles. The van der Waals surface area contributed by atoms with Crippen LogP contribution in [-0.4, -0.2) is 10.9 Å². The van der Waals surface area contributed by atoms with Crippen LogP contribution in [0.2, 0.25) is 0 Å². The van der Waals surface area contributed by atoms with Crippen LogP contribution >= 0.6 is 0 Å². The zero-order valence-corrected chi connectivity index (χ0v) is 10.3. The number of benzene rings is 1. The molecule has 0 bridgehead atoms. The molecular weight excluding hydrogens is 269 g/mol. The highest BCUT2D eigenvalue weighted by Crippen LogP contribution is 2.31. The van der Waals surface area contributed by atoms with Gasteiger partial charge in [-0.1, -0.05) is 6.07 Å². The van der Waals surface area contributed by atoms with Gasteiger partial charge in [0.15, 0.2) is 0 Å². The summed E-state index contributed by atoms with van der Waals surface area (Å²) >= 11 is 0. The van der Waals surface area contributed by atoms with Crippen molar-refractivity contribution in [3.8, 4) is 0 Å². The van der Waals surface area contributed by atoms with E-state index in [1.54, 1.807) is 18.2 Å². The highest BCUT2D eigenvalue weighted by molar-refractivity contribution is 5.94. The molecule has 2 N–H and O–H groups in total. The van der Waals surface area contributed by atoms with Crippen LogP contribution in [0.1, 0.15) is 27.2 Å². The van der Waals surface area contributed by atoms with Crippen molar-refractivity contribution in [1.29, 1.82) is 0 Å². The van der Waals surface area contributed by atoms with Gasteiger partial charge in [0.2, 0.25) is 5.91 Å². The Morgan fingerprint density at radius 2 is 1.95 bits per heavy atom. The Balaban J connectivity index is 2.45. The lowest BCUT2D eigenvalue weighted by atomic mass is 9.99. The molecule has 1 aromatic heterocycles. The maximum Gasteiger partial charge on any atom is 0.416 e. The smallest absolute Gasteiger partial charge is 0.366 e. The van der Waals surface area contributed by atoms with Crippen LogP contribution < -0.4 is 5.73 Å². The average molecular weight is 280 g/mol. The molecule has 104 valence electrons. The zero-order chi connectivity index (χ0) is 14.8. The SMILES string of the molecule is NC(=O)c1ccc(C(F)(F)F)cc1Cc1ccccn1. The number of hydrogen-bond donors (Lipinski definition) is 1. The lowest BCUT2D eigenvalue weighted by Gasteiger charge is -2.11. The van der Waals surface area contributed by atoms with E-state index in [0.717, 1.165) is 18.2 Å². The van der Waals surface area contributed by atoms with E-state index in [4.69, 9.17) is 5.73 Å². The van der Waals surface area contributed by atoms with Crippen LogP contribution in [0.15, 0.2) is 42.6 Å². The summed E-state index contributed by atoms with van der Waals surface area (Å²) in [5.74, 6) is -0.760. The molecule has 6 heteroatoms. The standard InChI is InChI=1S/C14H11F3N2O/c15-14(16,17)10-4-5-12(13(18)20)9(7-10)8-11-3-1-2-6-19-11/h1-7H,8H2,(H2,18,20). The number of nitrogens with zero attached hydrogens (tertiary/aromatic N) is 1. The minimum atomic E-state index is -4.46. The van der Waals surface area contributed by atoms with Gasteiger partial charge >= 0.3 is 6.18 Å². The maximum absolute atomic E-state index is 12.7. The molecule has 2 aromatic rings. The largest absolute Gasteiger partial charge is 0.416 e. The van der Waals surface area contributed by atoms with Crippen LogP contribution in [0.4, 0.5) is 13.2 Å². The number of carbonyl (C=O) groups excluding carboxylic acids is 1. The number of primary amides is 1. The van der Waals surface area contributed by atoms with Crippen LogP contribution in [0.25, 0.3) is 0 Å². The molecule has 0 saturated heterocycles. The summed E-state index contributed by atoms with van der Waals surface area (Å²) in [4.78, 5) is 15.3. The molecule has 0 radical (unpaired) electrons. The predicted molar refractivity (Wildman–Crippen MR) is 67.0 cm³/mol. The Kier molecular flexibility index (Phi) is 3.74. The predicted octanol–water partition coefficient (Wildman–Crippen LogP) is 2.79. The fourth-order valence-corrected chi connectivity index (χ4v) is 1.85. The Morgan fingerprint density at radius 1 is 1.20 bits per heavy atom. The number of hydrogen-bond acceptors (Lipinski definition) is 2. The minimum absolute atomic E-state index is 0.0728. The molecule has 0 aliphatic rings. The van der Waals surface area contributed by atoms with Crippen molar-refractivity contribution < 1.29 is 18.0 Å². The third-order valence-corrected chi connectivity index (χ3v) is 2.80. The van der Waals surface area contributed by atoms with Crippen molar-refractivity contribution in [2.45, 2.75) is 12.6 Å². The van der Waals surface area contributed by atoms with Gasteiger partial charge in [0.25, 0.3) is 0 Å². The summed E-state index contributed by atoms with van der Waals surface area (Å²) in [7, 11) is 0. The van der Waals surface area contributed by atoms with Crippen molar-refractivity contribution in [2.75, 3.05) is 0 Å². The minimum Gasteiger partial charge on any atom is -0.366 e. The van der Waals surface area contributed by atoms with Crippen LogP contribution in [0.3, 0.4) is 0 Å². The first kappa shape index (κ1) is 14.0. The topological polar surface area (TPSA) is 56.0 Å². The lowest BCUT2D eigenvalue weighted by molar-refractivity contribution is -0.137. The number of amides is 1. The Hall–Kier alpha value is -2.37. The molecule has 3 nitrogen and oxygen atoms in total. The number of rotatable bonds is 3. The lowest BCUT2D eigenvalue weighted by Crippen LogP contribution is -2.16. The molecular formula is C14H11F3N2O. The number of carbonyl (C=O) groups is 1. The Bertz CT molecular complexity index is 624. The second kappa shape index (κ2) is 5.32. The number of nitrogens with two attached hydrogens (primary N) is 1. The van der Waals surface area contributed by atoms with E-state index < -0.39 is 17.6 Å². The third kappa shape index (κ3) is 3.14. The van der Waals surface area contributed by atoms with Crippen molar-refractivity contribution in [1.82, 2.24) is 4.98 Å². The van der Waals surface area contributed by atoms with E-state index in [2.05, 4.69) is 4.98 Å². The summed E-state index contributed by atoms with van der Waals surface area (Å²) in [5.41, 5.74) is 5.23. The number of halogens is 3. The van der Waals surface area contributed by atoms with Gasteiger partial charge in [-0.25, -0.2) is 0 Å². The number of aromatic nitrogens is 1. The van der Waals surface area contributed by atoms with Crippen molar-refractivity contribution in [3.05, 3.63) is 65.0 Å². The molecule has 0 spiro atoms. The van der Waals surface area contributed by atoms with E-state index in [1.165, 1.54) is 6.20 Å². The second-order valence-corrected chi connectivity index (χ2v) is 4.23. The van der Waals surface area contributed by atoms with Gasteiger partial charge in [-0.3, -0.25) is 9.78 Å². The first-order valence-electron chi connectivity index (χ1n) is 5.78. The van der Waals surface area contributed by atoms with Gasteiger partial charge in [-0.15, -0.1) is 0 Å². The molecule has 1 heterocycles. The molecule has 0 aliphatic carbocycles. The van der Waals surface area contributed by atoms with E-state index in [0.29, 0.717) is 5.69 Å². The molecule has 0 unspecified atom stereocenters. The fraction of sp³-hybridized carbons (Fsp3) is 0.143. The monoisotopic (exact) mass is 280 g/mol. The second-order valence-electron chi connectivity index (χ2n) is 4.23. The van der Waals surface area contributed by atoms with Crippen LogP contribution in [0.5, 0.6) is 0 Å². The van der Waals surface area contributed by atoms with E-state index in [9.17, 15) is 18.0 Å². The van der Waals surface area contributed by atoms with E-state index >= 15 is 0 Å². The Labute approximate surface area is 113 Å². The molecule has 0 aliphatic heterocycles. The van der Waals surface area contributed by atoms with Crippen LogP contribution in [0, 0.1) is 0 Å². The molecule has 20 heavy (non-hydrogen) atoms. The quantitative estimate of drug-likeness (QED) is 0.939. The zero-order valence-electron chi connectivity index (χ0n) is 10.3. The highest BCUT2D eigenvalue weighted by Gasteiger charge is 2.31. The normalized spacial score (nSPS) is 11.3. The summed E-state index contributed by atoms with van der Waals surface area (Å²) < 4.78 is 38.1.